The minimum absolute atomic E-state index is 0.161. The van der Waals surface area contributed by atoms with Crippen LogP contribution in [-0.2, 0) is 14.3 Å². The van der Waals surface area contributed by atoms with E-state index in [2.05, 4.69) is 5.32 Å². The first-order chi connectivity index (χ1) is 9.97. The molecule has 112 valence electrons. The van der Waals surface area contributed by atoms with E-state index in [4.69, 9.17) is 4.74 Å². The number of ketones is 1. The van der Waals surface area contributed by atoms with Crippen LogP contribution in [0.15, 0.2) is 12.1 Å². The first-order valence-electron chi connectivity index (χ1n) is 6.69. The summed E-state index contributed by atoms with van der Waals surface area (Å²) >= 11 is 0. The van der Waals surface area contributed by atoms with Gasteiger partial charge < -0.3 is 10.1 Å². The summed E-state index contributed by atoms with van der Waals surface area (Å²) in [5.74, 6) is -1.53. The Morgan fingerprint density at radius 1 is 1.29 bits per heavy atom. The summed E-state index contributed by atoms with van der Waals surface area (Å²) in [6.07, 6.45) is 0. The van der Waals surface area contributed by atoms with Gasteiger partial charge in [0.2, 0.25) is 5.91 Å². The highest BCUT2D eigenvalue weighted by Gasteiger charge is 2.38. The van der Waals surface area contributed by atoms with Crippen molar-refractivity contribution in [3.63, 3.8) is 0 Å². The van der Waals surface area contributed by atoms with Gasteiger partial charge in [-0.3, -0.25) is 19.3 Å². The van der Waals surface area contributed by atoms with Crippen LogP contribution in [0.5, 0.6) is 0 Å². The molecule has 0 unspecified atom stereocenters. The molecule has 6 heteroatoms. The van der Waals surface area contributed by atoms with Crippen LogP contribution >= 0.6 is 0 Å². The Morgan fingerprint density at radius 2 is 2.00 bits per heavy atom. The van der Waals surface area contributed by atoms with Crippen LogP contribution in [-0.4, -0.2) is 44.4 Å². The summed E-state index contributed by atoms with van der Waals surface area (Å²) in [4.78, 5) is 37.1. The van der Waals surface area contributed by atoms with Crippen molar-refractivity contribution in [1.82, 2.24) is 5.32 Å². The number of benzene rings is 1. The van der Waals surface area contributed by atoms with Gasteiger partial charge in [0.05, 0.1) is 17.9 Å². The van der Waals surface area contributed by atoms with Crippen LogP contribution in [0.25, 0.3) is 0 Å². The first kappa shape index (κ1) is 15.2. The summed E-state index contributed by atoms with van der Waals surface area (Å²) < 4.78 is 4.84. The molecule has 0 fully saturated rings. The molecule has 2 rings (SSSR count). The molecule has 0 aromatic heterocycles. The molecular weight excluding hydrogens is 272 g/mol. The van der Waals surface area contributed by atoms with Crippen LogP contribution in [0.2, 0.25) is 0 Å². The highest BCUT2D eigenvalue weighted by Crippen LogP contribution is 2.33. The van der Waals surface area contributed by atoms with Crippen molar-refractivity contribution in [3.8, 4) is 0 Å². The van der Waals surface area contributed by atoms with E-state index >= 15 is 0 Å². The van der Waals surface area contributed by atoms with Crippen molar-refractivity contribution in [2.45, 2.75) is 13.8 Å². The van der Waals surface area contributed by atoms with Crippen molar-refractivity contribution >= 4 is 23.3 Å². The van der Waals surface area contributed by atoms with Crippen LogP contribution in [0.1, 0.15) is 21.5 Å². The van der Waals surface area contributed by atoms with Crippen LogP contribution < -0.4 is 10.2 Å². The summed E-state index contributed by atoms with van der Waals surface area (Å²) in [7, 11) is 1.54. The second-order valence-electron chi connectivity index (χ2n) is 4.97. The van der Waals surface area contributed by atoms with Gasteiger partial charge in [-0.25, -0.2) is 0 Å². The molecule has 1 aliphatic heterocycles. The number of Topliss-reactive ketones (excluding diaryl/α,β-unsaturated/α-hetero) is 1. The van der Waals surface area contributed by atoms with Gasteiger partial charge in [0.15, 0.2) is 0 Å². The lowest BCUT2D eigenvalue weighted by atomic mass is 10.0. The molecule has 1 heterocycles. The van der Waals surface area contributed by atoms with E-state index < -0.39 is 11.7 Å². The lowest BCUT2D eigenvalue weighted by Crippen LogP contribution is -2.41. The molecule has 6 nitrogen and oxygen atoms in total. The number of ether oxygens (including phenoxy) is 1. The Bertz CT molecular complexity index is 610. The van der Waals surface area contributed by atoms with Crippen LogP contribution in [0.3, 0.4) is 0 Å². The number of methoxy groups -OCH3 is 1. The zero-order valence-electron chi connectivity index (χ0n) is 12.4. The third-order valence-corrected chi connectivity index (χ3v) is 3.59. The van der Waals surface area contributed by atoms with Gasteiger partial charge in [-0.1, -0.05) is 6.07 Å². The third kappa shape index (κ3) is 2.80. The second kappa shape index (κ2) is 6.05. The monoisotopic (exact) mass is 290 g/mol. The van der Waals surface area contributed by atoms with E-state index in [1.54, 1.807) is 6.07 Å². The first-order valence-corrected chi connectivity index (χ1v) is 6.69. The topological polar surface area (TPSA) is 75.7 Å². The quantitative estimate of drug-likeness (QED) is 0.636. The van der Waals surface area contributed by atoms with Crippen molar-refractivity contribution in [1.29, 1.82) is 0 Å². The van der Waals surface area contributed by atoms with Crippen molar-refractivity contribution in [3.05, 3.63) is 28.8 Å². The van der Waals surface area contributed by atoms with Gasteiger partial charge in [0, 0.05) is 13.7 Å². The highest BCUT2D eigenvalue weighted by molar-refractivity contribution is 6.52. The molecular formula is C15H18N2O4. The Hall–Kier alpha value is -2.21. The Kier molecular flexibility index (Phi) is 4.37. The molecule has 1 aliphatic rings. The number of anilines is 1. The fraction of sp³-hybridized carbons (Fsp3) is 0.400. The largest absolute Gasteiger partial charge is 0.383 e. The number of fused-ring (bicyclic) bond motifs is 1. The number of hydrogen-bond donors (Lipinski definition) is 1. The van der Waals surface area contributed by atoms with Gasteiger partial charge in [-0.2, -0.15) is 0 Å². The van der Waals surface area contributed by atoms with E-state index in [9.17, 15) is 14.4 Å². The number of carbonyl (C=O) groups is 3. The predicted octanol–water partition coefficient (Wildman–Crippen LogP) is 0.595. The van der Waals surface area contributed by atoms with Crippen molar-refractivity contribution in [2.75, 3.05) is 31.7 Å². The number of rotatable bonds is 5. The normalized spacial score (nSPS) is 13.6. The minimum atomic E-state index is -0.652. The smallest absolute Gasteiger partial charge is 0.299 e. The molecule has 0 spiro atoms. The van der Waals surface area contributed by atoms with Crippen molar-refractivity contribution < 1.29 is 19.1 Å². The van der Waals surface area contributed by atoms with Gasteiger partial charge in [0.1, 0.15) is 6.54 Å². The Balaban J connectivity index is 2.22. The molecule has 0 radical (unpaired) electrons. The van der Waals surface area contributed by atoms with E-state index in [0.717, 1.165) is 11.1 Å². The van der Waals surface area contributed by atoms with Gasteiger partial charge >= 0.3 is 0 Å². The second-order valence-corrected chi connectivity index (χ2v) is 4.97. The Morgan fingerprint density at radius 3 is 2.67 bits per heavy atom. The molecule has 1 aromatic rings. The summed E-state index contributed by atoms with van der Waals surface area (Å²) in [6, 6.07) is 3.45. The van der Waals surface area contributed by atoms with Gasteiger partial charge in [-0.05, 0) is 31.0 Å². The van der Waals surface area contributed by atoms with Gasteiger partial charge in [-0.15, -0.1) is 0 Å². The summed E-state index contributed by atoms with van der Waals surface area (Å²) in [5.41, 5.74) is 2.73. The van der Waals surface area contributed by atoms with E-state index in [1.807, 2.05) is 19.9 Å². The molecule has 0 aliphatic carbocycles. The van der Waals surface area contributed by atoms with E-state index in [1.165, 1.54) is 12.0 Å². The lowest BCUT2D eigenvalue weighted by molar-refractivity contribution is -0.122. The average Bonchev–Trinajstić information content (AvgIpc) is 2.69. The summed E-state index contributed by atoms with van der Waals surface area (Å²) in [6.45, 7) is 4.35. The fourth-order valence-electron chi connectivity index (χ4n) is 2.31. The maximum absolute atomic E-state index is 12.1. The highest BCUT2D eigenvalue weighted by atomic mass is 16.5. The number of hydrogen-bond acceptors (Lipinski definition) is 4. The summed E-state index contributed by atoms with van der Waals surface area (Å²) in [5, 5.41) is 2.64. The molecule has 0 saturated carbocycles. The molecule has 2 amide bonds. The minimum Gasteiger partial charge on any atom is -0.383 e. The standard InChI is InChI=1S/C15H18N2O4/c1-9-4-5-11-13(10(9)2)17(15(20)14(11)19)8-12(18)16-6-7-21-3/h4-5H,6-8H2,1-3H3,(H,16,18). The zero-order chi connectivity index (χ0) is 15.6. The third-order valence-electron chi connectivity index (χ3n) is 3.59. The molecule has 1 aromatic carbocycles. The SMILES string of the molecule is COCCNC(=O)CN1C(=O)C(=O)c2ccc(C)c(C)c21. The number of carbonyl (C=O) groups excluding carboxylic acids is 3. The van der Waals surface area contributed by atoms with Crippen LogP contribution in [0.4, 0.5) is 5.69 Å². The van der Waals surface area contributed by atoms with E-state index in [0.29, 0.717) is 24.4 Å². The predicted molar refractivity (Wildman–Crippen MR) is 77.5 cm³/mol. The molecule has 0 atom stereocenters. The maximum atomic E-state index is 12.1. The molecule has 1 N–H and O–H groups in total. The number of amides is 2. The zero-order valence-corrected chi connectivity index (χ0v) is 12.4. The Labute approximate surface area is 123 Å². The fourth-order valence-corrected chi connectivity index (χ4v) is 2.31. The van der Waals surface area contributed by atoms with Gasteiger partial charge in [0.25, 0.3) is 11.7 Å². The lowest BCUT2D eigenvalue weighted by Gasteiger charge is -2.19. The molecule has 0 saturated heterocycles. The molecule has 0 bridgehead atoms. The number of nitrogens with one attached hydrogen (secondary N) is 1. The average molecular weight is 290 g/mol. The molecule has 21 heavy (non-hydrogen) atoms. The number of nitrogens with zero attached hydrogens (tertiary/aromatic N) is 1. The maximum Gasteiger partial charge on any atom is 0.299 e. The van der Waals surface area contributed by atoms with E-state index in [-0.39, 0.29) is 12.5 Å². The van der Waals surface area contributed by atoms with Crippen LogP contribution in [0, 0.1) is 13.8 Å². The number of aryl methyl sites for hydroxylation is 1. The van der Waals surface area contributed by atoms with Crippen molar-refractivity contribution in [2.24, 2.45) is 0 Å².